The molecule has 1 heterocycles. The summed E-state index contributed by atoms with van der Waals surface area (Å²) in [6, 6.07) is 17.6. The van der Waals surface area contributed by atoms with E-state index in [1.165, 1.54) is 0 Å². The summed E-state index contributed by atoms with van der Waals surface area (Å²) in [7, 11) is 3.50. The minimum absolute atomic E-state index is 0.167. The molecule has 0 spiro atoms. The van der Waals surface area contributed by atoms with Crippen LogP contribution >= 0.6 is 0 Å². The van der Waals surface area contributed by atoms with Gasteiger partial charge >= 0.3 is 0 Å². The highest BCUT2D eigenvalue weighted by molar-refractivity contribution is 5.65. The van der Waals surface area contributed by atoms with Crippen LogP contribution in [0.2, 0.25) is 0 Å². The maximum Gasteiger partial charge on any atom is 0.222 e. The highest BCUT2D eigenvalue weighted by Crippen LogP contribution is 2.35. The van der Waals surface area contributed by atoms with Gasteiger partial charge in [0.25, 0.3) is 0 Å². The van der Waals surface area contributed by atoms with Crippen molar-refractivity contribution in [1.82, 2.24) is 14.7 Å². The smallest absolute Gasteiger partial charge is 0.222 e. The zero-order valence-corrected chi connectivity index (χ0v) is 20.3. The molecule has 0 aliphatic heterocycles. The van der Waals surface area contributed by atoms with Crippen LogP contribution in [0, 0.1) is 12.3 Å². The zero-order valence-electron chi connectivity index (χ0n) is 20.3. The number of aliphatic hydroxyl groups excluding tert-OH is 1. The van der Waals surface area contributed by atoms with E-state index in [9.17, 15) is 5.11 Å². The summed E-state index contributed by atoms with van der Waals surface area (Å²) in [5.74, 6) is 4.51. The molecule has 0 bridgehead atoms. The van der Waals surface area contributed by atoms with Crippen molar-refractivity contribution in [3.8, 4) is 41.0 Å². The highest BCUT2D eigenvalue weighted by Gasteiger charge is 2.24. The van der Waals surface area contributed by atoms with E-state index >= 15 is 0 Å². The average Bonchev–Trinajstić information content (AvgIpc) is 3.14. The Hall–Kier alpha value is -3.31. The van der Waals surface area contributed by atoms with Crippen LogP contribution in [-0.2, 0) is 18.3 Å². The molecule has 0 aliphatic carbocycles. The molecule has 1 N–H and O–H groups in total. The summed E-state index contributed by atoms with van der Waals surface area (Å²) in [5, 5.41) is 15.3. The lowest BCUT2D eigenvalue weighted by molar-refractivity contribution is 0.0191. The van der Waals surface area contributed by atoms with Crippen molar-refractivity contribution in [3.63, 3.8) is 0 Å². The van der Waals surface area contributed by atoms with Crippen LogP contribution in [0.3, 0.4) is 0 Å². The summed E-state index contributed by atoms with van der Waals surface area (Å²) in [6.45, 7) is 5.51. The van der Waals surface area contributed by atoms with E-state index in [4.69, 9.17) is 25.7 Å². The second kappa shape index (κ2) is 12.2. The third-order valence-corrected chi connectivity index (χ3v) is 5.44. The SMILES string of the molecule is C#CCOC[C@@H](O)CN(Cc1c(-c2ccccc2)nn(C)c1Oc1ccc(OC)cc1)C(C)C. The van der Waals surface area contributed by atoms with Gasteiger partial charge in [0, 0.05) is 31.7 Å². The van der Waals surface area contributed by atoms with Crippen molar-refractivity contribution in [2.45, 2.75) is 32.5 Å². The fourth-order valence-corrected chi connectivity index (χ4v) is 3.64. The van der Waals surface area contributed by atoms with Crippen LogP contribution in [-0.4, -0.2) is 58.8 Å². The van der Waals surface area contributed by atoms with Gasteiger partial charge in [-0.3, -0.25) is 4.90 Å². The second-order valence-electron chi connectivity index (χ2n) is 8.30. The molecule has 0 radical (unpaired) electrons. The third-order valence-electron chi connectivity index (χ3n) is 5.44. The Morgan fingerprint density at radius 3 is 2.38 bits per heavy atom. The van der Waals surface area contributed by atoms with Gasteiger partial charge in [0.1, 0.15) is 23.8 Å². The summed E-state index contributed by atoms with van der Waals surface area (Å²) >= 11 is 0. The topological polar surface area (TPSA) is 69.0 Å². The van der Waals surface area contributed by atoms with Gasteiger partial charge in [0.15, 0.2) is 0 Å². The predicted octanol–water partition coefficient (Wildman–Crippen LogP) is 4.11. The normalized spacial score (nSPS) is 12.1. The van der Waals surface area contributed by atoms with Crippen LogP contribution in [0.1, 0.15) is 19.4 Å². The van der Waals surface area contributed by atoms with Gasteiger partial charge in [0.05, 0.1) is 25.4 Å². The Morgan fingerprint density at radius 2 is 1.76 bits per heavy atom. The fraction of sp³-hybridized carbons (Fsp3) is 0.370. The molecule has 0 saturated heterocycles. The van der Waals surface area contributed by atoms with Crippen molar-refractivity contribution < 1.29 is 19.3 Å². The molecule has 1 atom stereocenters. The first-order valence-corrected chi connectivity index (χ1v) is 11.3. The van der Waals surface area contributed by atoms with Gasteiger partial charge in [-0.15, -0.1) is 6.42 Å². The Balaban J connectivity index is 1.93. The lowest BCUT2D eigenvalue weighted by Gasteiger charge is -2.29. The van der Waals surface area contributed by atoms with Crippen molar-refractivity contribution in [2.24, 2.45) is 7.05 Å². The van der Waals surface area contributed by atoms with Gasteiger partial charge in [-0.2, -0.15) is 5.10 Å². The number of aromatic nitrogens is 2. The Bertz CT molecular complexity index is 1070. The molecule has 3 rings (SSSR count). The Morgan fingerprint density at radius 1 is 1.09 bits per heavy atom. The van der Waals surface area contributed by atoms with Crippen molar-refractivity contribution in [2.75, 3.05) is 26.9 Å². The van der Waals surface area contributed by atoms with Gasteiger partial charge in [-0.1, -0.05) is 36.3 Å². The van der Waals surface area contributed by atoms with Crippen LogP contribution in [0.25, 0.3) is 11.3 Å². The Kier molecular flexibility index (Phi) is 9.11. The third kappa shape index (κ3) is 6.61. The van der Waals surface area contributed by atoms with E-state index in [2.05, 4.69) is 24.7 Å². The molecule has 7 nitrogen and oxygen atoms in total. The minimum Gasteiger partial charge on any atom is -0.497 e. The van der Waals surface area contributed by atoms with Crippen molar-refractivity contribution in [1.29, 1.82) is 0 Å². The molecule has 0 fully saturated rings. The van der Waals surface area contributed by atoms with E-state index in [1.807, 2.05) is 61.6 Å². The molecule has 7 heteroatoms. The maximum absolute atomic E-state index is 10.5. The summed E-state index contributed by atoms with van der Waals surface area (Å²) in [5.41, 5.74) is 2.78. The molecule has 34 heavy (non-hydrogen) atoms. The number of aliphatic hydroxyl groups is 1. The first-order valence-electron chi connectivity index (χ1n) is 11.3. The largest absolute Gasteiger partial charge is 0.497 e. The number of hydrogen-bond donors (Lipinski definition) is 1. The zero-order chi connectivity index (χ0) is 24.5. The van der Waals surface area contributed by atoms with Gasteiger partial charge in [-0.05, 0) is 38.1 Å². The number of aryl methyl sites for hydroxylation is 1. The van der Waals surface area contributed by atoms with Crippen molar-refractivity contribution >= 4 is 0 Å². The molecule has 180 valence electrons. The monoisotopic (exact) mass is 463 g/mol. The average molecular weight is 464 g/mol. The van der Waals surface area contributed by atoms with Gasteiger partial charge in [0.2, 0.25) is 5.88 Å². The number of benzene rings is 2. The summed E-state index contributed by atoms with van der Waals surface area (Å²) < 4.78 is 18.7. The van der Waals surface area contributed by atoms with Crippen molar-refractivity contribution in [3.05, 3.63) is 60.2 Å². The first-order chi connectivity index (χ1) is 16.4. The Labute approximate surface area is 201 Å². The quantitative estimate of drug-likeness (QED) is 0.322. The number of nitrogens with zero attached hydrogens (tertiary/aromatic N) is 3. The number of hydrogen-bond acceptors (Lipinski definition) is 6. The van der Waals surface area contributed by atoms with Crippen LogP contribution in [0.4, 0.5) is 0 Å². The standard InChI is InChI=1S/C27H33N3O4/c1-6-16-33-19-22(31)17-30(20(2)3)18-25-26(21-10-8-7-9-11-21)28-29(4)27(25)34-24-14-12-23(32-5)13-15-24/h1,7-15,20,22,31H,16-19H2,2-5H3/t22-/m0/s1. The minimum atomic E-state index is -0.668. The number of rotatable bonds is 12. The number of methoxy groups -OCH3 is 1. The maximum atomic E-state index is 10.5. The molecule has 0 saturated carbocycles. The summed E-state index contributed by atoms with van der Waals surface area (Å²) in [4.78, 5) is 2.17. The summed E-state index contributed by atoms with van der Waals surface area (Å²) in [6.07, 6.45) is 4.57. The molecule has 1 aromatic heterocycles. The predicted molar refractivity (Wildman–Crippen MR) is 133 cm³/mol. The first kappa shape index (κ1) is 25.3. The van der Waals surface area contributed by atoms with Gasteiger partial charge < -0.3 is 19.3 Å². The molecule has 0 amide bonds. The number of ether oxygens (including phenoxy) is 3. The molecule has 2 aromatic carbocycles. The highest BCUT2D eigenvalue weighted by atomic mass is 16.5. The lowest BCUT2D eigenvalue weighted by atomic mass is 10.1. The van der Waals surface area contributed by atoms with E-state index in [0.29, 0.717) is 24.7 Å². The van der Waals surface area contributed by atoms with Crippen LogP contribution < -0.4 is 9.47 Å². The van der Waals surface area contributed by atoms with Crippen LogP contribution in [0.15, 0.2) is 54.6 Å². The fourth-order valence-electron chi connectivity index (χ4n) is 3.64. The van der Waals surface area contributed by atoms with E-state index in [-0.39, 0.29) is 19.3 Å². The molecule has 0 aliphatic rings. The molecular weight excluding hydrogens is 430 g/mol. The molecule has 0 unspecified atom stereocenters. The van der Waals surface area contributed by atoms with Crippen LogP contribution in [0.5, 0.6) is 17.4 Å². The molecular formula is C27H33N3O4. The van der Waals surface area contributed by atoms with Gasteiger partial charge in [-0.25, -0.2) is 4.68 Å². The number of terminal acetylenes is 1. The van der Waals surface area contributed by atoms with E-state index in [0.717, 1.165) is 22.6 Å². The molecule has 3 aromatic rings. The lowest BCUT2D eigenvalue weighted by Crippen LogP contribution is -2.39. The van der Waals surface area contributed by atoms with E-state index in [1.54, 1.807) is 11.8 Å². The second-order valence-corrected chi connectivity index (χ2v) is 8.30. The van der Waals surface area contributed by atoms with E-state index < -0.39 is 6.10 Å².